The molecule has 1 aliphatic rings. The lowest BCUT2D eigenvalue weighted by molar-refractivity contribution is -0.193. The number of hydrogen-bond donors (Lipinski definition) is 2. The Morgan fingerprint density at radius 2 is 2.32 bits per heavy atom. The highest BCUT2D eigenvalue weighted by Gasteiger charge is 2.17. The minimum Gasteiger partial charge on any atom is -0.465 e. The molecule has 0 aliphatic carbocycles. The fourth-order valence-electron chi connectivity index (χ4n) is 1.89. The van der Waals surface area contributed by atoms with E-state index in [0.29, 0.717) is 19.8 Å². The second-order valence-corrected chi connectivity index (χ2v) is 4.76. The fourth-order valence-corrected chi connectivity index (χ4v) is 1.89. The molecule has 2 atom stereocenters. The van der Waals surface area contributed by atoms with Crippen LogP contribution in [0.3, 0.4) is 0 Å². The third-order valence-electron chi connectivity index (χ3n) is 2.87. The molecule has 0 aromatic rings. The molecule has 1 rings (SSSR count). The number of unbranched alkanes of at least 4 members (excludes halogenated alkanes) is 1. The van der Waals surface area contributed by atoms with Crippen molar-refractivity contribution in [3.8, 4) is 0 Å². The van der Waals surface area contributed by atoms with Crippen molar-refractivity contribution < 1.29 is 24.1 Å². The van der Waals surface area contributed by atoms with E-state index in [4.69, 9.17) is 19.3 Å². The van der Waals surface area contributed by atoms with Crippen LogP contribution in [0.15, 0.2) is 0 Å². The molecule has 1 fully saturated rings. The Morgan fingerprint density at radius 3 is 3.00 bits per heavy atom. The first-order valence-corrected chi connectivity index (χ1v) is 7.00. The van der Waals surface area contributed by atoms with Crippen LogP contribution in [0.1, 0.15) is 39.0 Å². The molecule has 0 aromatic heterocycles. The van der Waals surface area contributed by atoms with Crippen LogP contribution in [0.25, 0.3) is 0 Å². The Kier molecular flexibility index (Phi) is 8.53. The van der Waals surface area contributed by atoms with Gasteiger partial charge >= 0.3 is 6.09 Å². The lowest BCUT2D eigenvalue weighted by atomic mass is 10.2. The smallest absolute Gasteiger partial charge is 0.404 e. The van der Waals surface area contributed by atoms with Gasteiger partial charge in [0.1, 0.15) is 0 Å². The molecule has 112 valence electrons. The third kappa shape index (κ3) is 8.80. The normalized spacial score (nSPS) is 21.0. The van der Waals surface area contributed by atoms with E-state index in [1.807, 2.05) is 6.92 Å². The number of hydrogen-bond acceptors (Lipinski definition) is 4. The van der Waals surface area contributed by atoms with Crippen LogP contribution in [0.2, 0.25) is 0 Å². The average Bonchev–Trinajstić information content (AvgIpc) is 2.38. The second kappa shape index (κ2) is 10.00. The predicted octanol–water partition coefficient (Wildman–Crippen LogP) is 1.98. The summed E-state index contributed by atoms with van der Waals surface area (Å²) in [5.74, 6) is 0. The molecule has 0 spiro atoms. The molecule has 6 heteroatoms. The van der Waals surface area contributed by atoms with Crippen LogP contribution in [0, 0.1) is 0 Å². The number of carbonyl (C=O) groups is 1. The lowest BCUT2D eigenvalue weighted by Gasteiger charge is -2.25. The van der Waals surface area contributed by atoms with Crippen molar-refractivity contribution in [2.75, 3.05) is 26.4 Å². The molecule has 1 amide bonds. The van der Waals surface area contributed by atoms with Crippen molar-refractivity contribution in [3.05, 3.63) is 0 Å². The van der Waals surface area contributed by atoms with Crippen LogP contribution in [-0.2, 0) is 14.2 Å². The minimum absolute atomic E-state index is 0.0280. The zero-order valence-electron chi connectivity index (χ0n) is 11.6. The van der Waals surface area contributed by atoms with Gasteiger partial charge < -0.3 is 24.6 Å². The molecule has 0 aromatic carbocycles. The molecular formula is C13H25NO5. The molecular weight excluding hydrogens is 250 g/mol. The molecule has 2 N–H and O–H groups in total. The van der Waals surface area contributed by atoms with Crippen molar-refractivity contribution in [3.63, 3.8) is 0 Å². The molecule has 1 saturated heterocycles. The van der Waals surface area contributed by atoms with Crippen LogP contribution in [0.5, 0.6) is 0 Å². The Morgan fingerprint density at radius 1 is 1.47 bits per heavy atom. The number of rotatable bonds is 9. The van der Waals surface area contributed by atoms with Crippen molar-refractivity contribution in [2.45, 2.75) is 51.4 Å². The fraction of sp³-hybridized carbons (Fsp3) is 0.923. The number of ether oxygens (including phenoxy) is 3. The summed E-state index contributed by atoms with van der Waals surface area (Å²) in [4.78, 5) is 10.2. The SMILES string of the molecule is C[C@@H](COCCCCNC(=O)O)OC1CCCCO1. The largest absolute Gasteiger partial charge is 0.465 e. The molecule has 1 unspecified atom stereocenters. The Bertz CT molecular complexity index is 243. The van der Waals surface area contributed by atoms with Gasteiger partial charge in [-0.05, 0) is 39.0 Å². The summed E-state index contributed by atoms with van der Waals surface area (Å²) in [5.41, 5.74) is 0. The van der Waals surface area contributed by atoms with E-state index < -0.39 is 6.09 Å². The van der Waals surface area contributed by atoms with Gasteiger partial charge in [-0.2, -0.15) is 0 Å². The van der Waals surface area contributed by atoms with E-state index in [1.54, 1.807) is 0 Å². The molecule has 19 heavy (non-hydrogen) atoms. The van der Waals surface area contributed by atoms with E-state index in [0.717, 1.165) is 38.7 Å². The molecule has 0 radical (unpaired) electrons. The van der Waals surface area contributed by atoms with Gasteiger partial charge in [-0.1, -0.05) is 0 Å². The van der Waals surface area contributed by atoms with E-state index in [9.17, 15) is 4.79 Å². The summed E-state index contributed by atoms with van der Waals surface area (Å²) < 4.78 is 16.7. The highest BCUT2D eigenvalue weighted by molar-refractivity contribution is 5.64. The summed E-state index contributed by atoms with van der Waals surface area (Å²) >= 11 is 0. The maximum Gasteiger partial charge on any atom is 0.404 e. The van der Waals surface area contributed by atoms with Crippen molar-refractivity contribution in [1.82, 2.24) is 5.32 Å². The summed E-state index contributed by atoms with van der Waals surface area (Å²) in [6.45, 7) is 4.41. The summed E-state index contributed by atoms with van der Waals surface area (Å²) in [7, 11) is 0. The summed E-state index contributed by atoms with van der Waals surface area (Å²) in [6.07, 6.45) is 3.85. The number of nitrogens with one attached hydrogen (secondary N) is 1. The van der Waals surface area contributed by atoms with Crippen molar-refractivity contribution in [1.29, 1.82) is 0 Å². The topological polar surface area (TPSA) is 77.0 Å². The van der Waals surface area contributed by atoms with Crippen LogP contribution < -0.4 is 5.32 Å². The number of carboxylic acid groups (broad SMARTS) is 1. The Hall–Kier alpha value is -0.850. The van der Waals surface area contributed by atoms with Crippen molar-refractivity contribution in [2.24, 2.45) is 0 Å². The molecule has 0 bridgehead atoms. The van der Waals surface area contributed by atoms with Gasteiger partial charge in [0, 0.05) is 19.8 Å². The summed E-state index contributed by atoms with van der Waals surface area (Å²) in [5, 5.41) is 10.7. The minimum atomic E-state index is -0.976. The van der Waals surface area contributed by atoms with Crippen LogP contribution in [-0.4, -0.2) is 50.0 Å². The Labute approximate surface area is 114 Å². The predicted molar refractivity (Wildman–Crippen MR) is 70.2 cm³/mol. The lowest BCUT2D eigenvalue weighted by Crippen LogP contribution is -2.29. The van der Waals surface area contributed by atoms with Gasteiger partial charge in [0.15, 0.2) is 6.29 Å². The van der Waals surface area contributed by atoms with Gasteiger partial charge in [-0.25, -0.2) is 4.79 Å². The zero-order valence-corrected chi connectivity index (χ0v) is 11.6. The maximum absolute atomic E-state index is 10.2. The summed E-state index contributed by atoms with van der Waals surface area (Å²) in [6, 6.07) is 0. The molecule has 1 heterocycles. The van der Waals surface area contributed by atoms with Gasteiger partial charge in [0.05, 0.1) is 12.7 Å². The zero-order chi connectivity index (χ0) is 13.9. The molecule has 1 aliphatic heterocycles. The highest BCUT2D eigenvalue weighted by Crippen LogP contribution is 2.15. The van der Waals surface area contributed by atoms with Crippen LogP contribution >= 0.6 is 0 Å². The van der Waals surface area contributed by atoms with Gasteiger partial charge in [0.25, 0.3) is 0 Å². The monoisotopic (exact) mass is 275 g/mol. The van der Waals surface area contributed by atoms with E-state index in [2.05, 4.69) is 5.32 Å². The van der Waals surface area contributed by atoms with Gasteiger partial charge in [-0.15, -0.1) is 0 Å². The molecule has 6 nitrogen and oxygen atoms in total. The van der Waals surface area contributed by atoms with E-state index in [-0.39, 0.29) is 12.4 Å². The number of amides is 1. The highest BCUT2D eigenvalue weighted by atomic mass is 16.7. The molecule has 0 saturated carbocycles. The average molecular weight is 275 g/mol. The van der Waals surface area contributed by atoms with Crippen molar-refractivity contribution >= 4 is 6.09 Å². The first-order chi connectivity index (χ1) is 9.18. The first kappa shape index (κ1) is 16.2. The van der Waals surface area contributed by atoms with Gasteiger partial charge in [-0.3, -0.25) is 0 Å². The first-order valence-electron chi connectivity index (χ1n) is 7.00. The second-order valence-electron chi connectivity index (χ2n) is 4.76. The quantitative estimate of drug-likeness (QED) is 0.629. The maximum atomic E-state index is 10.2. The van der Waals surface area contributed by atoms with Gasteiger partial charge in [0.2, 0.25) is 0 Å². The van der Waals surface area contributed by atoms with Crippen LogP contribution in [0.4, 0.5) is 4.79 Å². The van der Waals surface area contributed by atoms with E-state index >= 15 is 0 Å². The third-order valence-corrected chi connectivity index (χ3v) is 2.87. The standard InChI is InChI=1S/C13H25NO5/c1-11(19-12-6-2-4-9-18-12)10-17-8-5-3-7-14-13(15)16/h11-12,14H,2-10H2,1H3,(H,15,16)/t11-,12?/m0/s1. The Balaban J connectivity index is 1.89. The van der Waals surface area contributed by atoms with E-state index in [1.165, 1.54) is 0 Å².